The molecule has 0 spiro atoms. The maximum Gasteiger partial charge on any atom is 0.101 e. The van der Waals surface area contributed by atoms with Crippen molar-refractivity contribution in [1.82, 2.24) is 0 Å². The van der Waals surface area contributed by atoms with Gasteiger partial charge in [-0.25, -0.2) is 0 Å². The molecule has 0 bridgehead atoms. The molecule has 0 saturated carbocycles. The molecule has 0 aliphatic heterocycles. The molecule has 3 heteroatoms. The van der Waals surface area contributed by atoms with Gasteiger partial charge in [-0.1, -0.05) is 29.3 Å². The monoisotopic (exact) mass is 256 g/mol. The fraction of sp³-hybridized carbons (Fsp3) is 0.133. The van der Waals surface area contributed by atoms with Crippen LogP contribution in [0, 0.1) is 18.3 Å². The minimum absolute atomic E-state index is 0.481. The van der Waals surface area contributed by atoms with E-state index in [0.29, 0.717) is 10.6 Å². The van der Waals surface area contributed by atoms with Crippen molar-refractivity contribution in [3.05, 3.63) is 58.6 Å². The molecule has 2 aromatic rings. The van der Waals surface area contributed by atoms with Crippen molar-refractivity contribution in [3.63, 3.8) is 0 Å². The quantitative estimate of drug-likeness (QED) is 0.802. The van der Waals surface area contributed by atoms with Crippen LogP contribution in [0.4, 0.5) is 11.4 Å². The zero-order chi connectivity index (χ0) is 13.1. The molecule has 90 valence electrons. The number of benzene rings is 2. The van der Waals surface area contributed by atoms with E-state index in [-0.39, 0.29) is 0 Å². The molecule has 18 heavy (non-hydrogen) atoms. The van der Waals surface area contributed by atoms with Gasteiger partial charge >= 0.3 is 0 Å². The van der Waals surface area contributed by atoms with Crippen molar-refractivity contribution >= 4 is 23.0 Å². The summed E-state index contributed by atoms with van der Waals surface area (Å²) in [5.74, 6) is 0. The molecule has 0 amide bonds. The summed E-state index contributed by atoms with van der Waals surface area (Å²) in [6, 6.07) is 15.7. The summed E-state index contributed by atoms with van der Waals surface area (Å²) in [4.78, 5) is 2.03. The first kappa shape index (κ1) is 12.5. The van der Waals surface area contributed by atoms with Gasteiger partial charge in [0, 0.05) is 18.4 Å². The van der Waals surface area contributed by atoms with E-state index in [9.17, 15) is 0 Å². The van der Waals surface area contributed by atoms with Crippen LogP contribution in [0.1, 0.15) is 11.1 Å². The molecule has 2 aromatic carbocycles. The van der Waals surface area contributed by atoms with Crippen LogP contribution in [0.5, 0.6) is 0 Å². The van der Waals surface area contributed by atoms with E-state index < -0.39 is 0 Å². The molecule has 0 aliphatic rings. The highest BCUT2D eigenvalue weighted by atomic mass is 35.5. The molecular weight excluding hydrogens is 244 g/mol. The van der Waals surface area contributed by atoms with Gasteiger partial charge < -0.3 is 4.90 Å². The number of hydrogen-bond donors (Lipinski definition) is 0. The maximum atomic E-state index is 8.85. The Morgan fingerprint density at radius 3 is 2.22 bits per heavy atom. The lowest BCUT2D eigenvalue weighted by molar-refractivity contribution is 1.20. The number of aryl methyl sites for hydroxylation is 1. The maximum absolute atomic E-state index is 8.85. The number of halogens is 1. The molecular formula is C15H13ClN2. The second-order valence-electron chi connectivity index (χ2n) is 4.17. The molecule has 0 atom stereocenters. The molecule has 0 aliphatic carbocycles. The largest absolute Gasteiger partial charge is 0.345 e. The van der Waals surface area contributed by atoms with Gasteiger partial charge in [0.2, 0.25) is 0 Å². The summed E-state index contributed by atoms with van der Waals surface area (Å²) >= 11 is 6.04. The third-order valence-corrected chi connectivity index (χ3v) is 3.19. The van der Waals surface area contributed by atoms with Crippen LogP contribution in [-0.4, -0.2) is 7.05 Å². The zero-order valence-electron chi connectivity index (χ0n) is 10.3. The lowest BCUT2D eigenvalue weighted by Gasteiger charge is -2.20. The van der Waals surface area contributed by atoms with Gasteiger partial charge in [-0.3, -0.25) is 0 Å². The van der Waals surface area contributed by atoms with Crippen molar-refractivity contribution in [2.75, 3.05) is 11.9 Å². The van der Waals surface area contributed by atoms with E-state index in [0.717, 1.165) is 11.4 Å². The van der Waals surface area contributed by atoms with Crippen LogP contribution in [0.25, 0.3) is 0 Å². The Morgan fingerprint density at radius 1 is 1.06 bits per heavy atom. The normalized spacial score (nSPS) is 9.89. The topological polar surface area (TPSA) is 27.0 Å². The first-order valence-electron chi connectivity index (χ1n) is 5.62. The molecule has 0 aromatic heterocycles. The number of nitrogens with zero attached hydrogens (tertiary/aromatic N) is 2. The molecule has 2 nitrogen and oxygen atoms in total. The Balaban J connectivity index is 2.34. The molecule has 2 rings (SSSR count). The third-order valence-electron chi connectivity index (χ3n) is 2.88. The van der Waals surface area contributed by atoms with Crippen molar-refractivity contribution < 1.29 is 0 Å². The van der Waals surface area contributed by atoms with Crippen LogP contribution >= 0.6 is 11.6 Å². The molecule has 0 N–H and O–H groups in total. The first-order chi connectivity index (χ1) is 8.61. The Kier molecular flexibility index (Phi) is 3.55. The Bertz CT molecular complexity index is 597. The van der Waals surface area contributed by atoms with Crippen LogP contribution < -0.4 is 4.90 Å². The van der Waals surface area contributed by atoms with Crippen molar-refractivity contribution in [3.8, 4) is 6.07 Å². The molecule has 0 fully saturated rings. The number of nitriles is 1. The van der Waals surface area contributed by atoms with Gasteiger partial charge in [-0.2, -0.15) is 5.26 Å². The van der Waals surface area contributed by atoms with E-state index in [1.165, 1.54) is 5.56 Å². The minimum Gasteiger partial charge on any atom is -0.345 e. The van der Waals surface area contributed by atoms with Crippen molar-refractivity contribution in [1.29, 1.82) is 5.26 Å². The molecule has 0 radical (unpaired) electrons. The first-order valence-corrected chi connectivity index (χ1v) is 5.99. The number of anilines is 2. The second-order valence-corrected chi connectivity index (χ2v) is 4.58. The summed E-state index contributed by atoms with van der Waals surface area (Å²) in [6.45, 7) is 2.06. The van der Waals surface area contributed by atoms with E-state index >= 15 is 0 Å². The Labute approximate surface area is 112 Å². The smallest absolute Gasteiger partial charge is 0.101 e. The number of hydrogen-bond acceptors (Lipinski definition) is 2. The highest BCUT2D eigenvalue weighted by Crippen LogP contribution is 2.27. The SMILES string of the molecule is Cc1ccc(N(C)c2ccc(C#N)c(Cl)c2)cc1. The second kappa shape index (κ2) is 5.12. The summed E-state index contributed by atoms with van der Waals surface area (Å²) in [5.41, 5.74) is 3.77. The van der Waals surface area contributed by atoms with E-state index in [1.807, 2.05) is 18.0 Å². The average Bonchev–Trinajstić information content (AvgIpc) is 2.38. The standard InChI is InChI=1S/C15H13ClN2/c1-11-3-6-13(7-4-11)18(2)14-8-5-12(10-17)15(16)9-14/h3-9H,1-2H3. The van der Waals surface area contributed by atoms with Crippen LogP contribution in [-0.2, 0) is 0 Å². The minimum atomic E-state index is 0.481. The Hall–Kier alpha value is -1.98. The average molecular weight is 257 g/mol. The van der Waals surface area contributed by atoms with Crippen LogP contribution in [0.15, 0.2) is 42.5 Å². The zero-order valence-corrected chi connectivity index (χ0v) is 11.1. The van der Waals surface area contributed by atoms with E-state index in [1.54, 1.807) is 12.1 Å². The lowest BCUT2D eigenvalue weighted by Crippen LogP contribution is -2.09. The van der Waals surface area contributed by atoms with Crippen molar-refractivity contribution in [2.45, 2.75) is 6.92 Å². The van der Waals surface area contributed by atoms with Crippen LogP contribution in [0.3, 0.4) is 0 Å². The van der Waals surface area contributed by atoms with Gasteiger partial charge in [0.05, 0.1) is 10.6 Å². The highest BCUT2D eigenvalue weighted by Gasteiger charge is 2.06. The van der Waals surface area contributed by atoms with E-state index in [2.05, 4.69) is 37.3 Å². The fourth-order valence-corrected chi connectivity index (χ4v) is 1.94. The predicted molar refractivity (Wildman–Crippen MR) is 75.4 cm³/mol. The Morgan fingerprint density at radius 2 is 1.67 bits per heavy atom. The summed E-state index contributed by atoms with van der Waals surface area (Å²) in [7, 11) is 1.97. The lowest BCUT2D eigenvalue weighted by atomic mass is 10.2. The van der Waals surface area contributed by atoms with E-state index in [4.69, 9.17) is 16.9 Å². The van der Waals surface area contributed by atoms with Gasteiger partial charge in [0.1, 0.15) is 6.07 Å². The van der Waals surface area contributed by atoms with Gasteiger partial charge in [-0.05, 0) is 37.3 Å². The summed E-state index contributed by atoms with van der Waals surface area (Å²) in [6.07, 6.45) is 0. The molecule has 0 saturated heterocycles. The molecule has 0 heterocycles. The molecule has 0 unspecified atom stereocenters. The fourth-order valence-electron chi connectivity index (χ4n) is 1.72. The predicted octanol–water partition coefficient (Wildman–Crippen LogP) is 4.29. The van der Waals surface area contributed by atoms with Gasteiger partial charge in [-0.15, -0.1) is 0 Å². The highest BCUT2D eigenvalue weighted by molar-refractivity contribution is 6.32. The number of rotatable bonds is 2. The van der Waals surface area contributed by atoms with Gasteiger partial charge in [0.15, 0.2) is 0 Å². The summed E-state index contributed by atoms with van der Waals surface area (Å²) in [5, 5.41) is 9.33. The summed E-state index contributed by atoms with van der Waals surface area (Å²) < 4.78 is 0. The van der Waals surface area contributed by atoms with Crippen molar-refractivity contribution in [2.24, 2.45) is 0 Å². The van der Waals surface area contributed by atoms with Gasteiger partial charge in [0.25, 0.3) is 0 Å². The third kappa shape index (κ3) is 2.47. The van der Waals surface area contributed by atoms with Crippen LogP contribution in [0.2, 0.25) is 5.02 Å².